The molecule has 0 radical (unpaired) electrons. The lowest BCUT2D eigenvalue weighted by Gasteiger charge is -2.05. The maximum absolute atomic E-state index is 12.0. The third-order valence-electron chi connectivity index (χ3n) is 3.15. The van der Waals surface area contributed by atoms with E-state index < -0.39 is 5.97 Å². The summed E-state index contributed by atoms with van der Waals surface area (Å²) >= 11 is 1.53. The van der Waals surface area contributed by atoms with Crippen molar-refractivity contribution in [1.82, 2.24) is 9.38 Å². The second kappa shape index (κ2) is 6.58. The minimum absolute atomic E-state index is 0.0345. The molecule has 0 fully saturated rings. The fraction of sp³-hybridized carbons (Fsp3) is 0.118. The molecule has 0 saturated carbocycles. The highest BCUT2D eigenvalue weighted by atomic mass is 32.1. The van der Waals surface area contributed by atoms with Gasteiger partial charge in [-0.2, -0.15) is 0 Å². The van der Waals surface area contributed by atoms with Gasteiger partial charge >= 0.3 is 5.97 Å². The summed E-state index contributed by atoms with van der Waals surface area (Å²) in [6.07, 6.45) is 4.78. The summed E-state index contributed by atoms with van der Waals surface area (Å²) in [6.45, 7) is 1.87. The summed E-state index contributed by atoms with van der Waals surface area (Å²) < 4.78 is 6.59. The van der Waals surface area contributed by atoms with Crippen LogP contribution in [-0.2, 0) is 16.1 Å². The van der Waals surface area contributed by atoms with Crippen LogP contribution < -0.4 is 5.56 Å². The molecule has 0 unspecified atom stereocenters. The van der Waals surface area contributed by atoms with Crippen LogP contribution in [0.4, 0.5) is 0 Å². The van der Waals surface area contributed by atoms with E-state index in [1.807, 2.05) is 30.5 Å². The number of rotatable bonds is 4. The molecule has 5 nitrogen and oxygen atoms in total. The zero-order chi connectivity index (χ0) is 16.2. The van der Waals surface area contributed by atoms with E-state index in [2.05, 4.69) is 4.98 Å². The molecule has 6 heteroatoms. The van der Waals surface area contributed by atoms with E-state index in [-0.39, 0.29) is 12.2 Å². The van der Waals surface area contributed by atoms with Crippen molar-refractivity contribution < 1.29 is 9.53 Å². The first-order chi connectivity index (χ1) is 11.1. The molecule has 0 aromatic carbocycles. The summed E-state index contributed by atoms with van der Waals surface area (Å²) in [5.74, 6) is -0.468. The highest BCUT2D eigenvalue weighted by Gasteiger charge is 2.05. The molecule has 3 heterocycles. The molecule has 0 N–H and O–H groups in total. The minimum Gasteiger partial charge on any atom is -0.456 e. The fourth-order valence-electron chi connectivity index (χ4n) is 2.06. The van der Waals surface area contributed by atoms with Gasteiger partial charge in [0.05, 0.1) is 5.69 Å². The first kappa shape index (κ1) is 15.2. The zero-order valence-electron chi connectivity index (χ0n) is 12.4. The maximum Gasteiger partial charge on any atom is 0.331 e. The van der Waals surface area contributed by atoms with Crippen molar-refractivity contribution in [3.8, 4) is 0 Å². The first-order valence-corrected chi connectivity index (χ1v) is 7.87. The average Bonchev–Trinajstić information content (AvgIpc) is 3.05. The smallest absolute Gasteiger partial charge is 0.331 e. The number of nitrogens with zero attached hydrogens (tertiary/aromatic N) is 2. The standard InChI is InChI=1S/C17H14N2O3S/c1-12-4-6-15-18-13(9-16(20)19(15)10-12)11-22-17(21)7-5-14-3-2-8-23-14/h2-10H,11H2,1H3. The van der Waals surface area contributed by atoms with Crippen molar-refractivity contribution in [3.05, 3.63) is 74.5 Å². The Labute approximate surface area is 136 Å². The summed E-state index contributed by atoms with van der Waals surface area (Å²) in [6, 6.07) is 8.83. The molecule has 23 heavy (non-hydrogen) atoms. The number of carbonyl (C=O) groups excluding carboxylic acids is 1. The van der Waals surface area contributed by atoms with Crippen molar-refractivity contribution in [3.63, 3.8) is 0 Å². The Morgan fingerprint density at radius 3 is 3.04 bits per heavy atom. The van der Waals surface area contributed by atoms with Gasteiger partial charge in [-0.15, -0.1) is 11.3 Å². The average molecular weight is 326 g/mol. The number of hydrogen-bond acceptors (Lipinski definition) is 5. The summed E-state index contributed by atoms with van der Waals surface area (Å²) in [5.41, 5.74) is 1.73. The Morgan fingerprint density at radius 1 is 1.39 bits per heavy atom. The largest absolute Gasteiger partial charge is 0.456 e. The Bertz CT molecular complexity index is 927. The lowest BCUT2D eigenvalue weighted by molar-refractivity contribution is -0.139. The highest BCUT2D eigenvalue weighted by molar-refractivity contribution is 7.10. The molecule has 0 aliphatic carbocycles. The quantitative estimate of drug-likeness (QED) is 0.546. The van der Waals surface area contributed by atoms with Crippen LogP contribution in [-0.4, -0.2) is 15.4 Å². The van der Waals surface area contributed by atoms with Gasteiger partial charge in [-0.1, -0.05) is 12.1 Å². The first-order valence-electron chi connectivity index (χ1n) is 6.99. The van der Waals surface area contributed by atoms with Crippen LogP contribution >= 0.6 is 11.3 Å². The van der Waals surface area contributed by atoms with E-state index in [1.54, 1.807) is 18.3 Å². The zero-order valence-corrected chi connectivity index (χ0v) is 13.2. The number of hydrogen-bond donors (Lipinski definition) is 0. The molecule has 3 aromatic rings. The van der Waals surface area contributed by atoms with Crippen LogP contribution in [0.2, 0.25) is 0 Å². The van der Waals surface area contributed by atoms with E-state index in [1.165, 1.54) is 27.9 Å². The predicted molar refractivity (Wildman–Crippen MR) is 89.3 cm³/mol. The van der Waals surface area contributed by atoms with Gasteiger partial charge in [0.15, 0.2) is 0 Å². The van der Waals surface area contributed by atoms with E-state index in [4.69, 9.17) is 4.74 Å². The van der Waals surface area contributed by atoms with E-state index >= 15 is 0 Å². The SMILES string of the molecule is Cc1ccc2nc(COC(=O)C=Cc3cccs3)cc(=O)n2c1. The molecular weight excluding hydrogens is 312 g/mol. The molecule has 3 aromatic heterocycles. The van der Waals surface area contributed by atoms with E-state index in [9.17, 15) is 9.59 Å². The minimum atomic E-state index is -0.468. The monoisotopic (exact) mass is 326 g/mol. The summed E-state index contributed by atoms with van der Waals surface area (Å²) in [5, 5.41) is 1.93. The van der Waals surface area contributed by atoms with Gasteiger partial charge in [-0.25, -0.2) is 9.78 Å². The molecule has 0 atom stereocenters. The van der Waals surface area contributed by atoms with Crippen LogP contribution in [0.15, 0.2) is 52.8 Å². The number of ether oxygens (including phenoxy) is 1. The van der Waals surface area contributed by atoms with Gasteiger partial charge in [0, 0.05) is 23.2 Å². The van der Waals surface area contributed by atoms with Crippen molar-refractivity contribution in [1.29, 1.82) is 0 Å². The Balaban J connectivity index is 1.71. The molecule has 0 aliphatic rings. The van der Waals surface area contributed by atoms with Gasteiger partial charge in [0.25, 0.3) is 5.56 Å². The molecule has 116 valence electrons. The fourth-order valence-corrected chi connectivity index (χ4v) is 2.68. The Hall–Kier alpha value is -2.73. The van der Waals surface area contributed by atoms with Crippen LogP contribution in [0.1, 0.15) is 16.1 Å². The lowest BCUT2D eigenvalue weighted by Crippen LogP contribution is -2.16. The predicted octanol–water partition coefficient (Wildman–Crippen LogP) is 2.82. The molecule has 0 aliphatic heterocycles. The topological polar surface area (TPSA) is 60.7 Å². The van der Waals surface area contributed by atoms with Crippen LogP contribution in [0.5, 0.6) is 0 Å². The number of carbonyl (C=O) groups is 1. The van der Waals surface area contributed by atoms with Gasteiger partial charge in [-0.05, 0) is 36.1 Å². The van der Waals surface area contributed by atoms with Crippen LogP contribution in [0, 0.1) is 6.92 Å². The maximum atomic E-state index is 12.0. The van der Waals surface area contributed by atoms with Gasteiger partial charge in [0.1, 0.15) is 12.3 Å². The second-order valence-corrected chi connectivity index (χ2v) is 5.96. The van der Waals surface area contributed by atoms with Crippen molar-refractivity contribution in [2.24, 2.45) is 0 Å². The second-order valence-electron chi connectivity index (χ2n) is 4.98. The normalized spacial score (nSPS) is 11.2. The molecule has 0 amide bonds. The molecular formula is C17H14N2O3S. The van der Waals surface area contributed by atoms with Gasteiger partial charge < -0.3 is 4.74 Å². The van der Waals surface area contributed by atoms with Crippen LogP contribution in [0.25, 0.3) is 11.7 Å². The highest BCUT2D eigenvalue weighted by Crippen LogP contribution is 2.10. The molecule has 0 bridgehead atoms. The van der Waals surface area contributed by atoms with Crippen LogP contribution in [0.3, 0.4) is 0 Å². The lowest BCUT2D eigenvalue weighted by atomic mass is 10.3. The Kier molecular flexibility index (Phi) is 4.34. The van der Waals surface area contributed by atoms with Crippen molar-refractivity contribution >= 4 is 29.0 Å². The van der Waals surface area contributed by atoms with E-state index in [0.29, 0.717) is 11.3 Å². The van der Waals surface area contributed by atoms with Gasteiger partial charge in [-0.3, -0.25) is 9.20 Å². The third kappa shape index (κ3) is 3.73. The van der Waals surface area contributed by atoms with Crippen molar-refractivity contribution in [2.75, 3.05) is 0 Å². The number of aryl methyl sites for hydroxylation is 1. The molecule has 0 spiro atoms. The number of thiophene rings is 1. The summed E-state index contributed by atoms with van der Waals surface area (Å²) in [4.78, 5) is 29.0. The van der Waals surface area contributed by atoms with Crippen molar-refractivity contribution in [2.45, 2.75) is 13.5 Å². The number of fused-ring (bicyclic) bond motifs is 1. The molecule has 3 rings (SSSR count). The molecule has 0 saturated heterocycles. The summed E-state index contributed by atoms with van der Waals surface area (Å²) in [7, 11) is 0. The number of pyridine rings is 1. The number of esters is 1. The third-order valence-corrected chi connectivity index (χ3v) is 3.99. The number of aromatic nitrogens is 2. The van der Waals surface area contributed by atoms with Gasteiger partial charge in [0.2, 0.25) is 0 Å². The Morgan fingerprint density at radius 2 is 2.26 bits per heavy atom. The van der Waals surface area contributed by atoms with E-state index in [0.717, 1.165) is 10.4 Å².